The van der Waals surface area contributed by atoms with Gasteiger partial charge in [-0.25, -0.2) is 9.97 Å². The fraction of sp³-hybridized carbons (Fsp3) is 0.583. The first kappa shape index (κ1) is 23.0. The lowest BCUT2D eigenvalue weighted by Gasteiger charge is -2.37. The minimum atomic E-state index is -1.11. The molecule has 0 spiro atoms. The lowest BCUT2D eigenvalue weighted by Crippen LogP contribution is -2.46. The number of benzene rings is 1. The highest BCUT2D eigenvalue weighted by atomic mass is 16.5. The third kappa shape index (κ3) is 5.92. The summed E-state index contributed by atoms with van der Waals surface area (Å²) in [4.78, 5) is 24.4. The Balaban J connectivity index is 1.85. The maximum Gasteiger partial charge on any atom is 0.329 e. The van der Waals surface area contributed by atoms with Gasteiger partial charge in [0.15, 0.2) is 11.7 Å². The highest BCUT2D eigenvalue weighted by Crippen LogP contribution is 2.30. The fourth-order valence-electron chi connectivity index (χ4n) is 3.97. The van der Waals surface area contributed by atoms with E-state index in [1.807, 2.05) is 38.1 Å². The molecule has 2 heterocycles. The normalized spacial score (nSPS) is 19.7. The summed E-state index contributed by atoms with van der Waals surface area (Å²) in [5.74, 6) is -1.11. The van der Waals surface area contributed by atoms with Gasteiger partial charge in [-0.15, -0.1) is 0 Å². The highest BCUT2D eigenvalue weighted by molar-refractivity contribution is 5.85. The van der Waals surface area contributed by atoms with Crippen LogP contribution in [-0.4, -0.2) is 47.8 Å². The van der Waals surface area contributed by atoms with Crippen LogP contribution in [0.15, 0.2) is 24.3 Å². The van der Waals surface area contributed by atoms with Gasteiger partial charge in [0.05, 0.1) is 35.9 Å². The SMILES string of the molecule is CCCCCCCOC(=O)[C@H](C#N)c1nc2ccccc2nc1N1C[C@H](C)O[C@@H](C)C1. The maximum absolute atomic E-state index is 12.8. The van der Waals surface area contributed by atoms with Crippen molar-refractivity contribution in [1.82, 2.24) is 9.97 Å². The molecule has 166 valence electrons. The summed E-state index contributed by atoms with van der Waals surface area (Å²) in [6, 6.07) is 9.61. The minimum absolute atomic E-state index is 0.0143. The molecule has 1 aromatic heterocycles. The average Bonchev–Trinajstić information content (AvgIpc) is 2.75. The van der Waals surface area contributed by atoms with E-state index >= 15 is 0 Å². The number of esters is 1. The van der Waals surface area contributed by atoms with E-state index in [4.69, 9.17) is 19.4 Å². The van der Waals surface area contributed by atoms with Crippen LogP contribution in [0.4, 0.5) is 5.82 Å². The maximum atomic E-state index is 12.8. The Morgan fingerprint density at radius 3 is 2.45 bits per heavy atom. The molecule has 0 amide bonds. The number of carbonyl (C=O) groups is 1. The number of carbonyl (C=O) groups excluding carboxylic acids is 1. The van der Waals surface area contributed by atoms with Crippen molar-refractivity contribution in [3.8, 4) is 6.07 Å². The molecule has 0 unspecified atom stereocenters. The largest absolute Gasteiger partial charge is 0.464 e. The quantitative estimate of drug-likeness (QED) is 0.436. The number of hydrogen-bond acceptors (Lipinski definition) is 7. The van der Waals surface area contributed by atoms with E-state index in [-0.39, 0.29) is 12.2 Å². The van der Waals surface area contributed by atoms with Crippen LogP contribution in [0.3, 0.4) is 0 Å². The molecule has 0 N–H and O–H groups in total. The number of fused-ring (bicyclic) bond motifs is 1. The van der Waals surface area contributed by atoms with Crippen molar-refractivity contribution >= 4 is 22.8 Å². The number of ether oxygens (including phenoxy) is 2. The van der Waals surface area contributed by atoms with Gasteiger partial charge in [-0.05, 0) is 32.4 Å². The summed E-state index contributed by atoms with van der Waals surface area (Å²) < 4.78 is 11.3. The van der Waals surface area contributed by atoms with Gasteiger partial charge < -0.3 is 14.4 Å². The van der Waals surface area contributed by atoms with Gasteiger partial charge in [0.2, 0.25) is 0 Å². The second-order valence-electron chi connectivity index (χ2n) is 8.23. The zero-order valence-electron chi connectivity index (χ0n) is 18.7. The molecule has 3 atom stereocenters. The molecule has 1 aliphatic heterocycles. The lowest BCUT2D eigenvalue weighted by atomic mass is 10.1. The Labute approximate surface area is 184 Å². The number of anilines is 1. The summed E-state index contributed by atoms with van der Waals surface area (Å²) in [5, 5.41) is 9.86. The number of nitriles is 1. The molecule has 1 aliphatic rings. The molecular weight excluding hydrogens is 392 g/mol. The second-order valence-corrected chi connectivity index (χ2v) is 8.23. The summed E-state index contributed by atoms with van der Waals surface area (Å²) in [7, 11) is 0. The third-order valence-corrected chi connectivity index (χ3v) is 5.43. The molecule has 0 aliphatic carbocycles. The Morgan fingerprint density at radius 1 is 1.16 bits per heavy atom. The second kappa shape index (κ2) is 11.1. The van der Waals surface area contributed by atoms with Gasteiger partial charge in [0.25, 0.3) is 0 Å². The Kier molecular flexibility index (Phi) is 8.19. The van der Waals surface area contributed by atoms with Crippen LogP contribution in [0.1, 0.15) is 64.5 Å². The van der Waals surface area contributed by atoms with Gasteiger partial charge in [-0.3, -0.25) is 4.79 Å². The lowest BCUT2D eigenvalue weighted by molar-refractivity contribution is -0.144. The minimum Gasteiger partial charge on any atom is -0.464 e. The Bertz CT molecular complexity index is 917. The monoisotopic (exact) mass is 424 g/mol. The molecule has 1 saturated heterocycles. The van der Waals surface area contributed by atoms with Crippen molar-refractivity contribution < 1.29 is 14.3 Å². The predicted molar refractivity (Wildman–Crippen MR) is 120 cm³/mol. The fourth-order valence-corrected chi connectivity index (χ4v) is 3.97. The van der Waals surface area contributed by atoms with Crippen LogP contribution >= 0.6 is 0 Å². The number of aromatic nitrogens is 2. The standard InChI is InChI=1S/C24H32N4O3/c1-4-5-6-7-10-13-30-24(29)19(14-25)22-23(28-15-17(2)31-18(3)16-28)27-21-12-9-8-11-20(21)26-22/h8-9,11-12,17-19H,4-7,10,13,15-16H2,1-3H3/t17-,18-,19+/m0/s1. The van der Waals surface area contributed by atoms with Gasteiger partial charge in [0, 0.05) is 13.1 Å². The molecule has 0 bridgehead atoms. The van der Waals surface area contributed by atoms with Crippen molar-refractivity contribution in [3.05, 3.63) is 30.0 Å². The zero-order valence-corrected chi connectivity index (χ0v) is 18.7. The van der Waals surface area contributed by atoms with Crippen LogP contribution in [0.25, 0.3) is 11.0 Å². The number of unbranched alkanes of at least 4 members (excludes halogenated alkanes) is 4. The van der Waals surface area contributed by atoms with E-state index in [0.29, 0.717) is 36.7 Å². The average molecular weight is 425 g/mol. The molecule has 7 heteroatoms. The number of para-hydroxylation sites is 2. The van der Waals surface area contributed by atoms with Crippen molar-refractivity contribution in [2.45, 2.75) is 71.0 Å². The Hall–Kier alpha value is -2.72. The summed E-state index contributed by atoms with van der Waals surface area (Å²) in [5.41, 5.74) is 1.75. The molecule has 2 aromatic rings. The van der Waals surface area contributed by atoms with Crippen LogP contribution in [-0.2, 0) is 14.3 Å². The van der Waals surface area contributed by atoms with Gasteiger partial charge in [-0.2, -0.15) is 5.26 Å². The summed E-state index contributed by atoms with van der Waals surface area (Å²) >= 11 is 0. The number of hydrogen-bond donors (Lipinski definition) is 0. The van der Waals surface area contributed by atoms with Gasteiger partial charge in [-0.1, -0.05) is 44.7 Å². The topological polar surface area (TPSA) is 88.3 Å². The van der Waals surface area contributed by atoms with E-state index in [0.717, 1.165) is 24.8 Å². The zero-order chi connectivity index (χ0) is 22.2. The first-order valence-electron chi connectivity index (χ1n) is 11.3. The third-order valence-electron chi connectivity index (χ3n) is 5.43. The smallest absolute Gasteiger partial charge is 0.329 e. The van der Waals surface area contributed by atoms with E-state index < -0.39 is 11.9 Å². The van der Waals surface area contributed by atoms with E-state index in [1.165, 1.54) is 12.8 Å². The van der Waals surface area contributed by atoms with Crippen molar-refractivity contribution in [3.63, 3.8) is 0 Å². The van der Waals surface area contributed by atoms with E-state index in [1.54, 1.807) is 0 Å². The summed E-state index contributed by atoms with van der Waals surface area (Å²) in [6.07, 6.45) is 5.32. The van der Waals surface area contributed by atoms with Crippen molar-refractivity contribution in [2.24, 2.45) is 0 Å². The van der Waals surface area contributed by atoms with Crippen LogP contribution < -0.4 is 4.90 Å². The predicted octanol–water partition coefficient (Wildman–Crippen LogP) is 4.36. The van der Waals surface area contributed by atoms with Crippen molar-refractivity contribution in [1.29, 1.82) is 5.26 Å². The Morgan fingerprint density at radius 2 is 1.81 bits per heavy atom. The summed E-state index contributed by atoms with van der Waals surface area (Å²) in [6.45, 7) is 7.74. The van der Waals surface area contributed by atoms with Gasteiger partial charge in [0.1, 0.15) is 5.69 Å². The molecule has 3 rings (SSSR count). The molecular formula is C24H32N4O3. The molecule has 7 nitrogen and oxygen atoms in total. The first-order valence-corrected chi connectivity index (χ1v) is 11.3. The van der Waals surface area contributed by atoms with Crippen LogP contribution in [0.2, 0.25) is 0 Å². The van der Waals surface area contributed by atoms with Crippen LogP contribution in [0, 0.1) is 11.3 Å². The molecule has 1 aromatic carbocycles. The molecule has 0 saturated carbocycles. The number of nitrogens with zero attached hydrogens (tertiary/aromatic N) is 4. The van der Waals surface area contributed by atoms with Crippen LogP contribution in [0.5, 0.6) is 0 Å². The van der Waals surface area contributed by atoms with Gasteiger partial charge >= 0.3 is 5.97 Å². The van der Waals surface area contributed by atoms with E-state index in [9.17, 15) is 10.1 Å². The number of rotatable bonds is 9. The molecule has 31 heavy (non-hydrogen) atoms. The van der Waals surface area contributed by atoms with Crippen molar-refractivity contribution in [2.75, 3.05) is 24.6 Å². The first-order chi connectivity index (χ1) is 15.0. The molecule has 0 radical (unpaired) electrons. The number of morpholine rings is 1. The highest BCUT2D eigenvalue weighted by Gasteiger charge is 2.32. The van der Waals surface area contributed by atoms with E-state index in [2.05, 4.69) is 17.9 Å². The molecule has 1 fully saturated rings.